The molecule has 2 rings (SSSR count). The molecule has 0 spiro atoms. The van der Waals surface area contributed by atoms with Crippen LogP contribution >= 0.6 is 0 Å². The van der Waals surface area contributed by atoms with Crippen LogP contribution in [-0.4, -0.2) is 49.9 Å². The van der Waals surface area contributed by atoms with Crippen LogP contribution in [0.3, 0.4) is 0 Å². The van der Waals surface area contributed by atoms with Crippen LogP contribution in [0.25, 0.3) is 0 Å². The first-order chi connectivity index (χ1) is 18.0. The minimum Gasteiger partial charge on any atom is -0.468 e. The molecular weight excluding hydrogens is 494 g/mol. The quantitative estimate of drug-likeness (QED) is 0.244. The van der Waals surface area contributed by atoms with Gasteiger partial charge in [0.1, 0.15) is 17.9 Å². The Bertz CT molecular complexity index is 1100. The van der Waals surface area contributed by atoms with E-state index in [1.165, 1.54) is 19.2 Å². The fourth-order valence-corrected chi connectivity index (χ4v) is 3.04. The second-order valence-electron chi connectivity index (χ2n) is 9.21. The lowest BCUT2D eigenvalue weighted by Crippen LogP contribution is -2.43. The maximum Gasteiger partial charge on any atom is 0.514 e. The number of para-hydroxylation sites is 1. The van der Waals surface area contributed by atoms with E-state index in [0.29, 0.717) is 11.3 Å². The highest BCUT2D eigenvalue weighted by atomic mass is 16.7. The molecular formula is C28H35NO9. The first-order valence-electron chi connectivity index (χ1n) is 12.3. The molecule has 0 bridgehead atoms. The van der Waals surface area contributed by atoms with Gasteiger partial charge < -0.3 is 29.0 Å². The third kappa shape index (κ3) is 9.85. The summed E-state index contributed by atoms with van der Waals surface area (Å²) in [6.45, 7) is 8.52. The molecule has 10 nitrogen and oxygen atoms in total. The van der Waals surface area contributed by atoms with Crippen molar-refractivity contribution in [1.29, 1.82) is 0 Å². The minimum atomic E-state index is -0.872. The number of carbonyl (C=O) groups excluding carboxylic acids is 4. The number of methoxy groups -OCH3 is 1. The summed E-state index contributed by atoms with van der Waals surface area (Å²) in [5.74, 6) is -1.80. The van der Waals surface area contributed by atoms with E-state index in [0.717, 1.165) is 0 Å². The van der Waals surface area contributed by atoms with Crippen LogP contribution in [0.4, 0.5) is 4.79 Å². The highest BCUT2D eigenvalue weighted by Gasteiger charge is 2.24. The Morgan fingerprint density at radius 3 is 1.95 bits per heavy atom. The molecule has 0 aliphatic carbocycles. The van der Waals surface area contributed by atoms with Crippen LogP contribution in [0, 0.1) is 11.8 Å². The second-order valence-corrected chi connectivity index (χ2v) is 9.21. The number of benzene rings is 2. The van der Waals surface area contributed by atoms with Crippen molar-refractivity contribution in [1.82, 2.24) is 5.32 Å². The van der Waals surface area contributed by atoms with Crippen LogP contribution in [0.1, 0.15) is 40.2 Å². The average Bonchev–Trinajstić information content (AvgIpc) is 2.87. The lowest BCUT2D eigenvalue weighted by Gasteiger charge is -2.20. The number of ether oxygens (including phenoxy) is 5. The maximum atomic E-state index is 12.5. The monoisotopic (exact) mass is 529 g/mol. The Hall–Kier alpha value is -3.92. The van der Waals surface area contributed by atoms with E-state index >= 15 is 0 Å². The molecule has 10 heteroatoms. The molecule has 2 aromatic rings. The van der Waals surface area contributed by atoms with Crippen LogP contribution in [0.15, 0.2) is 48.5 Å². The summed E-state index contributed by atoms with van der Waals surface area (Å²) in [6.07, 6.45) is -1.35. The van der Waals surface area contributed by atoms with Gasteiger partial charge in [-0.3, -0.25) is 14.4 Å². The van der Waals surface area contributed by atoms with E-state index in [9.17, 15) is 19.2 Å². The van der Waals surface area contributed by atoms with Crippen LogP contribution < -0.4 is 19.5 Å². The van der Waals surface area contributed by atoms with Crippen molar-refractivity contribution >= 4 is 24.1 Å². The van der Waals surface area contributed by atoms with E-state index in [1.807, 2.05) is 0 Å². The number of nitrogens with one attached hydrogen (secondary N) is 1. The summed E-state index contributed by atoms with van der Waals surface area (Å²) in [5.41, 5.74) is 0.612. The molecule has 38 heavy (non-hydrogen) atoms. The Balaban J connectivity index is 2.10. The SMILES string of the molecule is COC(=O)[C@H](Cc1ccc(OC(=O)C(C)C)c(OC(=O)C(C)C)c1)NCC(C)OC(=O)Oc1ccccc1. The molecule has 206 valence electrons. The number of hydrogen-bond acceptors (Lipinski definition) is 10. The third-order valence-corrected chi connectivity index (χ3v) is 5.19. The van der Waals surface area contributed by atoms with Gasteiger partial charge in [0.25, 0.3) is 0 Å². The van der Waals surface area contributed by atoms with Crippen LogP contribution in [-0.2, 0) is 30.3 Å². The van der Waals surface area contributed by atoms with Crippen molar-refractivity contribution < 1.29 is 42.9 Å². The fourth-order valence-electron chi connectivity index (χ4n) is 3.04. The minimum absolute atomic E-state index is 0.0687. The molecule has 0 aliphatic heterocycles. The van der Waals surface area contributed by atoms with Gasteiger partial charge >= 0.3 is 24.1 Å². The predicted octanol–water partition coefficient (Wildman–Crippen LogP) is 4.09. The molecule has 0 heterocycles. The normalized spacial score (nSPS) is 12.4. The van der Waals surface area contributed by atoms with Gasteiger partial charge in [-0.05, 0) is 43.2 Å². The van der Waals surface area contributed by atoms with Gasteiger partial charge in [0.15, 0.2) is 11.5 Å². The topological polar surface area (TPSA) is 126 Å². The van der Waals surface area contributed by atoms with E-state index in [2.05, 4.69) is 5.32 Å². The molecule has 0 radical (unpaired) electrons. The maximum absolute atomic E-state index is 12.5. The molecule has 1 N–H and O–H groups in total. The van der Waals surface area contributed by atoms with Gasteiger partial charge in [0, 0.05) is 6.54 Å². The van der Waals surface area contributed by atoms with Gasteiger partial charge in [0.2, 0.25) is 0 Å². The van der Waals surface area contributed by atoms with E-state index in [1.54, 1.807) is 71.0 Å². The molecule has 0 aliphatic rings. The predicted molar refractivity (Wildman–Crippen MR) is 138 cm³/mol. The fraction of sp³-hybridized carbons (Fsp3) is 0.429. The van der Waals surface area contributed by atoms with Crippen molar-refractivity contribution in [3.63, 3.8) is 0 Å². The van der Waals surface area contributed by atoms with Crippen molar-refractivity contribution in [2.24, 2.45) is 11.8 Å². The summed E-state index contributed by atoms with van der Waals surface area (Å²) in [7, 11) is 1.26. The first kappa shape index (κ1) is 30.3. The zero-order chi connectivity index (χ0) is 28.2. The summed E-state index contributed by atoms with van der Waals surface area (Å²) >= 11 is 0. The third-order valence-electron chi connectivity index (χ3n) is 5.19. The van der Waals surface area contributed by atoms with Gasteiger partial charge in [-0.25, -0.2) is 4.79 Å². The summed E-state index contributed by atoms with van der Waals surface area (Å²) in [6, 6.07) is 12.4. The lowest BCUT2D eigenvalue weighted by atomic mass is 10.0. The molecule has 2 aromatic carbocycles. The molecule has 0 fully saturated rings. The number of esters is 3. The van der Waals surface area contributed by atoms with Crippen molar-refractivity contribution in [2.45, 2.75) is 53.2 Å². The van der Waals surface area contributed by atoms with Gasteiger partial charge in [-0.1, -0.05) is 52.0 Å². The summed E-state index contributed by atoms with van der Waals surface area (Å²) in [5, 5.41) is 3.03. The number of hydrogen-bond donors (Lipinski definition) is 1. The van der Waals surface area contributed by atoms with Gasteiger partial charge in [-0.15, -0.1) is 0 Å². The Kier molecular flexibility index (Phi) is 11.7. The summed E-state index contributed by atoms with van der Waals surface area (Å²) in [4.78, 5) is 48.9. The Morgan fingerprint density at radius 2 is 1.37 bits per heavy atom. The van der Waals surface area contributed by atoms with Crippen molar-refractivity contribution in [2.75, 3.05) is 13.7 Å². The number of rotatable bonds is 12. The molecule has 1 unspecified atom stereocenters. The molecule has 0 saturated heterocycles. The lowest BCUT2D eigenvalue weighted by molar-refractivity contribution is -0.143. The van der Waals surface area contributed by atoms with Crippen molar-refractivity contribution in [3.05, 3.63) is 54.1 Å². The van der Waals surface area contributed by atoms with Gasteiger partial charge in [0.05, 0.1) is 18.9 Å². The Labute approximate surface area is 222 Å². The van der Waals surface area contributed by atoms with E-state index in [-0.39, 0.29) is 30.4 Å². The average molecular weight is 530 g/mol. The summed E-state index contributed by atoms with van der Waals surface area (Å²) < 4.78 is 26.1. The number of carbonyl (C=O) groups is 4. The smallest absolute Gasteiger partial charge is 0.468 e. The van der Waals surface area contributed by atoms with E-state index < -0.39 is 42.1 Å². The van der Waals surface area contributed by atoms with Crippen LogP contribution in [0.2, 0.25) is 0 Å². The second kappa shape index (κ2) is 14.7. The molecule has 2 atom stereocenters. The first-order valence-corrected chi connectivity index (χ1v) is 12.3. The van der Waals surface area contributed by atoms with Gasteiger partial charge in [-0.2, -0.15) is 0 Å². The molecule has 0 saturated carbocycles. The zero-order valence-electron chi connectivity index (χ0n) is 22.5. The zero-order valence-corrected chi connectivity index (χ0v) is 22.5. The van der Waals surface area contributed by atoms with Crippen molar-refractivity contribution in [3.8, 4) is 17.2 Å². The largest absolute Gasteiger partial charge is 0.514 e. The molecule has 0 amide bonds. The molecule has 0 aromatic heterocycles. The van der Waals surface area contributed by atoms with Crippen LogP contribution in [0.5, 0.6) is 17.2 Å². The highest BCUT2D eigenvalue weighted by Crippen LogP contribution is 2.30. The standard InChI is InChI=1S/C28H35NO9/c1-17(2)25(30)37-23-13-12-20(15-24(23)38-26(31)18(3)4)14-22(27(32)34-6)29-16-19(5)35-28(33)36-21-10-8-7-9-11-21/h7-13,15,17-19,22,29H,14,16H2,1-6H3/t19?,22-/m0/s1. The highest BCUT2D eigenvalue weighted by molar-refractivity contribution is 5.78. The van der Waals surface area contributed by atoms with E-state index in [4.69, 9.17) is 23.7 Å². The Morgan fingerprint density at radius 1 is 0.763 bits per heavy atom.